The van der Waals surface area contributed by atoms with Gasteiger partial charge in [-0.15, -0.1) is 0 Å². The van der Waals surface area contributed by atoms with Gasteiger partial charge < -0.3 is 40.5 Å². The minimum atomic E-state index is -4.11. The summed E-state index contributed by atoms with van der Waals surface area (Å²) in [6.07, 6.45) is 1.55. The average molecular weight is 1230 g/mol. The molecule has 26 heteroatoms. The summed E-state index contributed by atoms with van der Waals surface area (Å²) in [5.74, 6) is -7.02. The summed E-state index contributed by atoms with van der Waals surface area (Å²) in [6.45, 7) is 1.12. The highest BCUT2D eigenvalue weighted by molar-refractivity contribution is 7.89. The molecule has 0 aliphatic carbocycles. The normalized spacial score (nSPS) is 12.0. The van der Waals surface area contributed by atoms with Gasteiger partial charge in [0, 0.05) is 37.3 Å². The second kappa shape index (κ2) is 33.9. The van der Waals surface area contributed by atoms with Crippen LogP contribution in [0.5, 0.6) is 0 Å². The van der Waals surface area contributed by atoms with Crippen molar-refractivity contribution in [1.82, 2.24) is 40.5 Å². The highest BCUT2D eigenvalue weighted by atomic mass is 32.2. The summed E-state index contributed by atoms with van der Waals surface area (Å²) >= 11 is 0. The molecule has 6 N–H and O–H groups in total. The van der Waals surface area contributed by atoms with Crippen LogP contribution in [0.15, 0.2) is 131 Å². The Kier molecular flexibility index (Phi) is 26.9. The summed E-state index contributed by atoms with van der Waals surface area (Å²) in [6, 6.07) is 26.0. The van der Waals surface area contributed by atoms with Gasteiger partial charge in [-0.2, -0.15) is 9.44 Å². The van der Waals surface area contributed by atoms with Gasteiger partial charge in [0.05, 0.1) is 24.0 Å². The zero-order valence-corrected chi connectivity index (χ0v) is 49.8. The second-order valence-electron chi connectivity index (χ2n) is 20.1. The number of amides is 6. The Bertz CT molecular complexity index is 3140. The fourth-order valence-corrected chi connectivity index (χ4v) is 11.0. The van der Waals surface area contributed by atoms with Crippen molar-refractivity contribution in [3.63, 3.8) is 0 Å². The van der Waals surface area contributed by atoms with Crippen molar-refractivity contribution in [3.8, 4) is 0 Å². The number of esters is 2. The number of sulfonamides is 2. The number of nitrogens with one attached hydrogen (secondary N) is 6. The van der Waals surface area contributed by atoms with Crippen LogP contribution in [-0.2, 0) is 71.1 Å². The largest absolute Gasteiger partial charge is 0.468 e. The molecule has 5 rings (SSSR count). The quantitative estimate of drug-likeness (QED) is 0.0252. The molecular weight excluding hydrogens is 1160 g/mol. The van der Waals surface area contributed by atoms with Gasteiger partial charge in [-0.25, -0.2) is 25.6 Å². The molecule has 0 aliphatic rings. The molecule has 5 aromatic rings. The Morgan fingerprint density at radius 3 is 1.10 bits per heavy atom. The van der Waals surface area contributed by atoms with E-state index in [4.69, 9.17) is 9.47 Å². The van der Waals surface area contributed by atoms with E-state index in [1.54, 1.807) is 62.4 Å². The predicted molar refractivity (Wildman–Crippen MR) is 313 cm³/mol. The number of hydrogen-bond acceptors (Lipinski definition) is 14. The van der Waals surface area contributed by atoms with E-state index in [9.17, 15) is 64.0 Å². The Balaban J connectivity index is 1.27. The molecule has 0 aliphatic heterocycles. The molecule has 0 aromatic heterocycles. The van der Waals surface area contributed by atoms with Gasteiger partial charge in [-0.3, -0.25) is 38.4 Å². The van der Waals surface area contributed by atoms with E-state index >= 15 is 0 Å². The van der Waals surface area contributed by atoms with Gasteiger partial charge >= 0.3 is 11.9 Å². The van der Waals surface area contributed by atoms with Crippen LogP contribution in [0.25, 0.3) is 0 Å². The number of benzene rings is 5. The molecule has 22 nitrogen and oxygen atoms in total. The summed E-state index contributed by atoms with van der Waals surface area (Å²) in [7, 11) is -5.98. The first kappa shape index (κ1) is 68.3. The summed E-state index contributed by atoms with van der Waals surface area (Å²) in [5.41, 5.74) is 2.75. The monoisotopic (exact) mass is 1230 g/mol. The maximum Gasteiger partial charge on any atom is 0.323 e. The minimum Gasteiger partial charge on any atom is -0.468 e. The van der Waals surface area contributed by atoms with Crippen LogP contribution in [0.1, 0.15) is 81.5 Å². The molecule has 2 atom stereocenters. The lowest BCUT2D eigenvalue weighted by atomic mass is 10.1. The number of unbranched alkanes of at least 4 members (excludes halogenated alkanes) is 2. The molecule has 5 aromatic carbocycles. The number of halogens is 2. The molecular formula is C60H72F2N8O14S2. The van der Waals surface area contributed by atoms with E-state index in [2.05, 4.69) is 30.7 Å². The zero-order valence-electron chi connectivity index (χ0n) is 48.2. The maximum absolute atomic E-state index is 14.4. The third-order valence-electron chi connectivity index (χ3n) is 13.3. The molecule has 0 bridgehead atoms. The number of nitrogens with zero attached hydrogens (tertiary/aromatic N) is 2. The smallest absolute Gasteiger partial charge is 0.323 e. The Hall–Kier alpha value is -8.46. The Morgan fingerprint density at radius 2 is 0.779 bits per heavy atom. The number of carbonyl (C=O) groups excluding carboxylic acids is 8. The van der Waals surface area contributed by atoms with Crippen LogP contribution >= 0.6 is 0 Å². The number of methoxy groups -OCH3 is 2. The van der Waals surface area contributed by atoms with E-state index in [-0.39, 0.29) is 85.6 Å². The molecule has 462 valence electrons. The van der Waals surface area contributed by atoms with Crippen molar-refractivity contribution in [3.05, 3.63) is 166 Å². The van der Waals surface area contributed by atoms with Crippen molar-refractivity contribution in [2.24, 2.45) is 0 Å². The van der Waals surface area contributed by atoms with E-state index < -0.39 is 117 Å². The highest BCUT2D eigenvalue weighted by Crippen LogP contribution is 2.17. The van der Waals surface area contributed by atoms with E-state index in [1.165, 1.54) is 72.8 Å². The second-order valence-corrected chi connectivity index (χ2v) is 23.5. The molecule has 6 amide bonds. The molecule has 0 fully saturated rings. The van der Waals surface area contributed by atoms with Gasteiger partial charge in [0.25, 0.3) is 11.8 Å². The lowest BCUT2D eigenvalue weighted by Crippen LogP contribution is -2.47. The summed E-state index contributed by atoms with van der Waals surface area (Å²) in [5, 5.41) is 10.7. The highest BCUT2D eigenvalue weighted by Gasteiger charge is 2.29. The van der Waals surface area contributed by atoms with E-state index in [0.717, 1.165) is 35.1 Å². The Labute approximate surface area is 499 Å². The molecule has 0 saturated heterocycles. The first-order valence-corrected chi connectivity index (χ1v) is 30.5. The van der Waals surface area contributed by atoms with Crippen LogP contribution < -0.4 is 30.7 Å². The first-order chi connectivity index (χ1) is 41.0. The third kappa shape index (κ3) is 22.8. The van der Waals surface area contributed by atoms with Crippen molar-refractivity contribution < 1.29 is 73.4 Å². The zero-order chi connectivity index (χ0) is 62.8. The first-order valence-electron chi connectivity index (χ1n) is 27.5. The summed E-state index contributed by atoms with van der Waals surface area (Å²) in [4.78, 5) is 110. The van der Waals surface area contributed by atoms with Crippen LogP contribution in [0, 0.1) is 25.5 Å². The third-order valence-corrected chi connectivity index (χ3v) is 16.3. The number of aryl methyl sites for hydroxylation is 2. The van der Waals surface area contributed by atoms with Crippen LogP contribution in [0.3, 0.4) is 0 Å². The predicted octanol–water partition coefficient (Wildman–Crippen LogP) is 3.80. The summed E-state index contributed by atoms with van der Waals surface area (Å²) < 4.78 is 93.8. The van der Waals surface area contributed by atoms with Crippen molar-refractivity contribution >= 4 is 67.4 Å². The van der Waals surface area contributed by atoms with Gasteiger partial charge in [0.15, 0.2) is 0 Å². The van der Waals surface area contributed by atoms with E-state index in [0.29, 0.717) is 24.0 Å². The molecule has 0 saturated carbocycles. The van der Waals surface area contributed by atoms with Crippen LogP contribution in [0.4, 0.5) is 8.78 Å². The van der Waals surface area contributed by atoms with Gasteiger partial charge in [0.2, 0.25) is 43.7 Å². The Morgan fingerprint density at radius 1 is 0.453 bits per heavy atom. The molecule has 0 unspecified atom stereocenters. The lowest BCUT2D eigenvalue weighted by Gasteiger charge is -2.24. The molecule has 0 spiro atoms. The number of hydrogen-bond donors (Lipinski definition) is 6. The van der Waals surface area contributed by atoms with E-state index in [1.807, 2.05) is 0 Å². The average Bonchev–Trinajstić information content (AvgIpc) is 3.27. The molecule has 0 heterocycles. The fourth-order valence-electron chi connectivity index (χ4n) is 8.54. The minimum absolute atomic E-state index is 0.00120. The van der Waals surface area contributed by atoms with Crippen molar-refractivity contribution in [2.75, 3.05) is 66.6 Å². The fraction of sp³-hybridized carbons (Fsp3) is 0.367. The number of carbonyl (C=O) groups is 8. The maximum atomic E-state index is 14.4. The number of rotatable bonds is 34. The molecule has 0 radical (unpaired) electrons. The van der Waals surface area contributed by atoms with Gasteiger partial charge in [-0.05, 0) is 143 Å². The molecule has 86 heavy (non-hydrogen) atoms. The topological polar surface area (TPSA) is 302 Å². The standard InChI is InChI=1S/C60H72F2N8O14S2/c1-41-14-26-49(27-15-41)85(79,80)67-51(59(77)83-3)12-5-7-32-63-53(71)37-69(39-55(73)65-34-30-43-18-22-47(61)23-19-43)57(75)45-10-9-11-46(36-45)58(76)70(40-56(74)66-35-31-44-20-24-48(62)25-21-44)38-54(72)64-33-8-6-13-52(60(78)84-4)68-86(81,82)50-28-16-42(2)17-29-50/h9-11,14-29,36,51-52,67-68H,5-8,12-13,30-35,37-40H2,1-4H3,(H,63,71)(H,64,72)(H,65,73)(H,66,74)/t51-,52-/m0/s1. The van der Waals surface area contributed by atoms with Crippen molar-refractivity contribution in [1.29, 1.82) is 0 Å². The van der Waals surface area contributed by atoms with Crippen LogP contribution in [0.2, 0.25) is 0 Å². The van der Waals surface area contributed by atoms with Crippen molar-refractivity contribution in [2.45, 2.75) is 87.1 Å². The van der Waals surface area contributed by atoms with Gasteiger partial charge in [-0.1, -0.05) is 65.7 Å². The number of ether oxygens (including phenoxy) is 2. The SMILES string of the molecule is COC(=O)[C@H](CCCCNC(=O)CN(CC(=O)NCCc1ccc(F)cc1)C(=O)c1cccc(C(=O)N(CC(=O)NCCCC[C@H](NS(=O)(=O)c2ccc(C)cc2)C(=O)OC)CC(=O)NCCc2ccc(F)cc2)c1)NS(=O)(=O)c1ccc(C)cc1. The van der Waals surface area contributed by atoms with Crippen LogP contribution in [-0.4, -0.2) is 153 Å². The van der Waals surface area contributed by atoms with Gasteiger partial charge in [0.1, 0.15) is 49.9 Å². The lowest BCUT2D eigenvalue weighted by molar-refractivity contribution is -0.143.